The smallest absolute Gasteiger partial charge is 0.388 e. The van der Waals surface area contributed by atoms with Crippen molar-refractivity contribution in [2.24, 2.45) is 0 Å². The summed E-state index contributed by atoms with van der Waals surface area (Å²) in [7, 11) is -7.35. The number of carbonyl (C=O) groups excluding carboxylic acids is 1. The van der Waals surface area contributed by atoms with Crippen molar-refractivity contribution < 1.29 is 65.5 Å². The number of ether oxygens (including phenoxy) is 3. The van der Waals surface area contributed by atoms with Gasteiger partial charge in [0, 0.05) is 13.5 Å². The number of carbonyl (C=O) groups is 1. The predicted molar refractivity (Wildman–Crippen MR) is 169 cm³/mol. The monoisotopic (exact) mass is 724 g/mol. The maximum Gasteiger partial charge on any atom is 0.475 e. The van der Waals surface area contributed by atoms with E-state index in [0.717, 1.165) is 25.7 Å². The van der Waals surface area contributed by atoms with Crippen LogP contribution in [0.25, 0.3) is 0 Å². The summed E-state index contributed by atoms with van der Waals surface area (Å²) in [4.78, 5) is 11.7. The van der Waals surface area contributed by atoms with Crippen molar-refractivity contribution in [1.82, 2.24) is 0 Å². The number of unbranched alkanes of at least 4 members (excludes halogenated alkanes) is 4. The summed E-state index contributed by atoms with van der Waals surface area (Å²) in [6.45, 7) is 7.10. The number of nitrogens with zero attached hydrogens (tertiary/aromatic N) is 2. The number of hydrogen-bond acceptors (Lipinski definition) is 16. The molecule has 0 radical (unpaired) electrons. The normalized spacial score (nSPS) is 29.5. The van der Waals surface area contributed by atoms with Crippen molar-refractivity contribution in [3.63, 3.8) is 0 Å². The second kappa shape index (κ2) is 21.6. The quantitative estimate of drug-likeness (QED) is 0.0761. The van der Waals surface area contributed by atoms with E-state index in [-0.39, 0.29) is 45.1 Å². The van der Waals surface area contributed by atoms with Gasteiger partial charge in [-0.25, -0.2) is 9.13 Å². The second-order valence-electron chi connectivity index (χ2n) is 11.5. The summed E-state index contributed by atoms with van der Waals surface area (Å²) < 4.78 is 76.9. The highest BCUT2D eigenvalue weighted by atomic mass is 31.2. The van der Waals surface area contributed by atoms with Crippen LogP contribution in [0.15, 0.2) is 12.2 Å². The molecule has 0 aromatic heterocycles. The first-order valence-electron chi connectivity index (χ1n) is 16.0. The van der Waals surface area contributed by atoms with E-state index in [1.807, 2.05) is 12.1 Å². The highest BCUT2D eigenvalue weighted by Gasteiger charge is 2.49. The minimum atomic E-state index is -4.51. The highest BCUT2D eigenvalue weighted by molar-refractivity contribution is 7.48. The number of allylic oxidation sites excluding steroid dienone is 1. The topological polar surface area (TPSA) is 222 Å². The first-order valence-corrected chi connectivity index (χ1v) is 19.0. The van der Waals surface area contributed by atoms with E-state index in [1.165, 1.54) is 14.0 Å². The maximum absolute atomic E-state index is 13.8. The second-order valence-corrected chi connectivity index (χ2v) is 14.8. The fraction of sp³-hybridized carbons (Fsp3) is 0.833. The van der Waals surface area contributed by atoms with E-state index in [9.17, 15) is 24.1 Å². The van der Waals surface area contributed by atoms with Gasteiger partial charge in [0.05, 0.1) is 70.2 Å². The summed E-state index contributed by atoms with van der Waals surface area (Å²) in [5.41, 5.74) is 0.540. The molecule has 2 rings (SSSR count). The van der Waals surface area contributed by atoms with Gasteiger partial charge in [0.2, 0.25) is 0 Å². The van der Waals surface area contributed by atoms with Crippen LogP contribution in [0.5, 0.6) is 0 Å². The standard InChI is InChI=1S/C30H50N2O14P2/c1-21(2)24(33)13-9-7-6-8-10-16-39-47(36,40-17-11-14-31)42-20-26-30(28(35)23(4)45-26)46-48(37,41-18-12-15-32)43-19-25-29(38-5)27(34)22(3)44-25/h22-23,25-30,34-35H,1,6-13,16-20H2,2-5H3/t22-,23-,25+,26+,27+,28+,29?,30?,47?,48?/m0/s1. The van der Waals surface area contributed by atoms with Gasteiger partial charge in [0.15, 0.2) is 5.78 Å². The number of aliphatic hydroxyl groups is 2. The van der Waals surface area contributed by atoms with E-state index < -0.39 is 71.1 Å². The molecule has 48 heavy (non-hydrogen) atoms. The molecule has 18 heteroatoms. The highest BCUT2D eigenvalue weighted by Crippen LogP contribution is 2.54. The van der Waals surface area contributed by atoms with Crippen molar-refractivity contribution in [3.8, 4) is 12.1 Å². The molecule has 2 aliphatic heterocycles. The van der Waals surface area contributed by atoms with Crippen LogP contribution in [0.1, 0.15) is 72.1 Å². The van der Waals surface area contributed by atoms with Crippen molar-refractivity contribution >= 4 is 21.4 Å². The van der Waals surface area contributed by atoms with Gasteiger partial charge in [-0.15, -0.1) is 0 Å². The van der Waals surface area contributed by atoms with E-state index >= 15 is 0 Å². The molecule has 0 spiro atoms. The van der Waals surface area contributed by atoms with Gasteiger partial charge < -0.3 is 24.4 Å². The zero-order valence-corrected chi connectivity index (χ0v) is 29.9. The van der Waals surface area contributed by atoms with Crippen LogP contribution in [0.4, 0.5) is 0 Å². The zero-order valence-electron chi connectivity index (χ0n) is 28.1. The Labute approximate surface area is 282 Å². The van der Waals surface area contributed by atoms with Crippen molar-refractivity contribution in [1.29, 1.82) is 10.5 Å². The zero-order chi connectivity index (χ0) is 35.7. The lowest BCUT2D eigenvalue weighted by molar-refractivity contribution is -0.115. The Kier molecular flexibility index (Phi) is 19.1. The van der Waals surface area contributed by atoms with Gasteiger partial charge in [0.1, 0.15) is 36.6 Å². The molecular weight excluding hydrogens is 674 g/mol. The number of nitriles is 2. The third-order valence-electron chi connectivity index (χ3n) is 7.66. The average molecular weight is 725 g/mol. The van der Waals surface area contributed by atoms with Crippen LogP contribution in [0.3, 0.4) is 0 Å². The van der Waals surface area contributed by atoms with Crippen LogP contribution in [0.2, 0.25) is 0 Å². The Balaban J connectivity index is 2.03. The molecular formula is C30H50N2O14P2. The average Bonchev–Trinajstić information content (AvgIpc) is 3.48. The van der Waals surface area contributed by atoms with E-state index in [4.69, 9.17) is 51.9 Å². The molecule has 10 atom stereocenters. The summed E-state index contributed by atoms with van der Waals surface area (Å²) in [5, 5.41) is 39.0. The van der Waals surface area contributed by atoms with E-state index in [0.29, 0.717) is 18.4 Å². The van der Waals surface area contributed by atoms with Crippen LogP contribution >= 0.6 is 15.6 Å². The largest absolute Gasteiger partial charge is 0.475 e. The number of phosphoric ester groups is 2. The fourth-order valence-electron chi connectivity index (χ4n) is 4.93. The SMILES string of the molecule is C=C(C)C(=O)CCCCCCCOP(=O)(OCCC#N)OC[C@H]1O[C@@H](C)[C@@H](O)C1OP(=O)(OCCC#N)OC[C@H]1O[C@@H](C)[C@@H](O)C1OC. The Bertz CT molecular complexity index is 1190. The molecule has 0 aromatic carbocycles. The van der Waals surface area contributed by atoms with Crippen LogP contribution in [-0.2, 0) is 55.3 Å². The van der Waals surface area contributed by atoms with Gasteiger partial charge in [-0.2, -0.15) is 10.5 Å². The third kappa shape index (κ3) is 14.0. The van der Waals surface area contributed by atoms with E-state index in [1.54, 1.807) is 13.8 Å². The predicted octanol–water partition coefficient (Wildman–Crippen LogP) is 4.30. The molecule has 0 amide bonds. The van der Waals surface area contributed by atoms with Gasteiger partial charge in [-0.1, -0.05) is 25.8 Å². The molecule has 2 N–H and O–H groups in total. The number of phosphoric acid groups is 2. The van der Waals surface area contributed by atoms with Gasteiger partial charge >= 0.3 is 15.6 Å². The molecule has 2 heterocycles. The maximum atomic E-state index is 13.8. The Morgan fingerprint density at radius 2 is 1.25 bits per heavy atom. The van der Waals surface area contributed by atoms with Crippen molar-refractivity contribution in [3.05, 3.63) is 12.2 Å². The molecule has 2 saturated heterocycles. The summed E-state index contributed by atoms with van der Waals surface area (Å²) in [5.74, 6) is 0.0443. The number of ketones is 1. The van der Waals surface area contributed by atoms with E-state index in [2.05, 4.69) is 6.58 Å². The number of aliphatic hydroxyl groups excluding tert-OH is 2. The number of methoxy groups -OCH3 is 1. The summed E-state index contributed by atoms with van der Waals surface area (Å²) in [6, 6.07) is 3.74. The minimum Gasteiger partial charge on any atom is -0.388 e. The van der Waals surface area contributed by atoms with Gasteiger partial charge in [0.25, 0.3) is 0 Å². The fourth-order valence-corrected chi connectivity index (χ4v) is 7.55. The Morgan fingerprint density at radius 1 is 0.771 bits per heavy atom. The molecule has 16 nitrogen and oxygen atoms in total. The molecule has 0 aliphatic carbocycles. The molecule has 4 unspecified atom stereocenters. The van der Waals surface area contributed by atoms with Crippen LogP contribution in [-0.4, -0.2) is 105 Å². The van der Waals surface area contributed by atoms with Crippen molar-refractivity contribution in [2.45, 2.75) is 121 Å². The first kappa shape index (κ1) is 42.6. The molecule has 0 bridgehead atoms. The molecule has 2 aliphatic rings. The van der Waals surface area contributed by atoms with Crippen LogP contribution in [0, 0.1) is 22.7 Å². The number of Topliss-reactive ketones (excluding diaryl/α,β-unsaturated/α-hetero) is 1. The molecule has 0 aromatic rings. The Hall–Kier alpha value is -1.59. The first-order chi connectivity index (χ1) is 22.8. The minimum absolute atomic E-state index is 0.0216. The molecule has 274 valence electrons. The summed E-state index contributed by atoms with van der Waals surface area (Å²) >= 11 is 0. The number of rotatable bonds is 25. The van der Waals surface area contributed by atoms with Gasteiger partial charge in [-0.3, -0.25) is 31.9 Å². The van der Waals surface area contributed by atoms with Gasteiger partial charge in [-0.05, 0) is 39.2 Å². The third-order valence-corrected chi connectivity index (χ3v) is 10.6. The number of hydrogen-bond donors (Lipinski definition) is 2. The molecule has 0 saturated carbocycles. The lowest BCUT2D eigenvalue weighted by Gasteiger charge is -2.27. The lowest BCUT2D eigenvalue weighted by Crippen LogP contribution is -2.37. The van der Waals surface area contributed by atoms with Crippen molar-refractivity contribution in [2.75, 3.05) is 40.1 Å². The molecule has 2 fully saturated rings. The Morgan fingerprint density at radius 3 is 1.81 bits per heavy atom. The van der Waals surface area contributed by atoms with Crippen LogP contribution < -0.4 is 0 Å². The lowest BCUT2D eigenvalue weighted by atomic mass is 10.1. The summed E-state index contributed by atoms with van der Waals surface area (Å²) in [6.07, 6.45) is -4.00.